The molecule has 0 heterocycles. The number of ketones is 1. The molecule has 0 fully saturated rings. The summed E-state index contributed by atoms with van der Waals surface area (Å²) in [7, 11) is 0. The van der Waals surface area contributed by atoms with E-state index in [1.807, 2.05) is 6.92 Å². The Morgan fingerprint density at radius 3 is 2.40 bits per heavy atom. The first-order valence-electron chi connectivity index (χ1n) is 7.13. The van der Waals surface area contributed by atoms with Gasteiger partial charge in [-0.3, -0.25) is 9.69 Å². The van der Waals surface area contributed by atoms with Crippen molar-refractivity contribution in [3.8, 4) is 0 Å². The maximum atomic E-state index is 12.6. The molecule has 4 heteroatoms. The minimum absolute atomic E-state index is 0.0526. The summed E-state index contributed by atoms with van der Waals surface area (Å²) in [6.45, 7) is 10.2. The summed E-state index contributed by atoms with van der Waals surface area (Å²) >= 11 is 12.0. The van der Waals surface area contributed by atoms with E-state index in [1.165, 1.54) is 0 Å². The van der Waals surface area contributed by atoms with Crippen LogP contribution in [0.5, 0.6) is 0 Å². The van der Waals surface area contributed by atoms with Crippen LogP contribution in [0.3, 0.4) is 0 Å². The highest BCUT2D eigenvalue weighted by Crippen LogP contribution is 2.23. The molecule has 20 heavy (non-hydrogen) atoms. The summed E-state index contributed by atoms with van der Waals surface area (Å²) in [5.41, 5.74) is 0.547. The number of benzene rings is 1. The van der Waals surface area contributed by atoms with Gasteiger partial charge in [-0.05, 0) is 37.6 Å². The largest absolute Gasteiger partial charge is 0.294 e. The molecule has 0 amide bonds. The van der Waals surface area contributed by atoms with Crippen molar-refractivity contribution in [1.82, 2.24) is 4.90 Å². The molecule has 0 N–H and O–H groups in total. The zero-order chi connectivity index (χ0) is 15.3. The predicted molar refractivity (Wildman–Crippen MR) is 87.0 cm³/mol. The second-order valence-electron chi connectivity index (χ2n) is 5.27. The number of carbonyl (C=O) groups excluding carboxylic acids is 1. The van der Waals surface area contributed by atoms with Crippen molar-refractivity contribution in [3.05, 3.63) is 33.8 Å². The number of hydrogen-bond donors (Lipinski definition) is 0. The van der Waals surface area contributed by atoms with Crippen molar-refractivity contribution in [1.29, 1.82) is 0 Å². The number of nitrogens with zero attached hydrogens (tertiary/aromatic N) is 1. The van der Waals surface area contributed by atoms with Gasteiger partial charge in [-0.1, -0.05) is 50.4 Å². The fourth-order valence-electron chi connectivity index (χ4n) is 2.17. The molecule has 2 atom stereocenters. The van der Waals surface area contributed by atoms with Gasteiger partial charge >= 0.3 is 0 Å². The van der Waals surface area contributed by atoms with Crippen molar-refractivity contribution in [2.24, 2.45) is 5.92 Å². The van der Waals surface area contributed by atoms with Crippen LogP contribution in [-0.2, 0) is 0 Å². The first-order chi connectivity index (χ1) is 9.40. The first kappa shape index (κ1) is 17.5. The van der Waals surface area contributed by atoms with Crippen LogP contribution in [0, 0.1) is 5.92 Å². The summed E-state index contributed by atoms with van der Waals surface area (Å²) in [6.07, 6.45) is 1.11. The van der Waals surface area contributed by atoms with Crippen molar-refractivity contribution < 1.29 is 4.79 Å². The Hall–Kier alpha value is -0.570. The Kier molecular flexibility index (Phi) is 7.01. The summed E-state index contributed by atoms with van der Waals surface area (Å²) in [5, 5.41) is 0.972. The van der Waals surface area contributed by atoms with E-state index in [4.69, 9.17) is 23.2 Å². The molecule has 2 nitrogen and oxygen atoms in total. The van der Waals surface area contributed by atoms with Gasteiger partial charge in [0.05, 0.1) is 11.1 Å². The van der Waals surface area contributed by atoms with Gasteiger partial charge in [0.25, 0.3) is 0 Å². The Labute approximate surface area is 132 Å². The highest BCUT2D eigenvalue weighted by molar-refractivity contribution is 6.37. The van der Waals surface area contributed by atoms with E-state index in [0.29, 0.717) is 21.5 Å². The summed E-state index contributed by atoms with van der Waals surface area (Å²) in [4.78, 5) is 14.8. The lowest BCUT2D eigenvalue weighted by Gasteiger charge is -2.29. The highest BCUT2D eigenvalue weighted by Gasteiger charge is 2.24. The lowest BCUT2D eigenvalue weighted by atomic mass is 10.0. The Bertz CT molecular complexity index is 462. The Morgan fingerprint density at radius 1 is 1.25 bits per heavy atom. The van der Waals surface area contributed by atoms with Crippen molar-refractivity contribution in [3.63, 3.8) is 0 Å². The van der Waals surface area contributed by atoms with Gasteiger partial charge in [0, 0.05) is 17.1 Å². The maximum Gasteiger partial charge on any atom is 0.181 e. The molecule has 0 aliphatic rings. The molecule has 0 aliphatic heterocycles. The zero-order valence-electron chi connectivity index (χ0n) is 12.6. The third kappa shape index (κ3) is 4.47. The van der Waals surface area contributed by atoms with Crippen LogP contribution in [0.2, 0.25) is 10.0 Å². The maximum absolute atomic E-state index is 12.6. The van der Waals surface area contributed by atoms with Crippen molar-refractivity contribution in [2.45, 2.75) is 40.2 Å². The van der Waals surface area contributed by atoms with E-state index >= 15 is 0 Å². The topological polar surface area (TPSA) is 20.3 Å². The van der Waals surface area contributed by atoms with Crippen LogP contribution in [0.25, 0.3) is 0 Å². The fraction of sp³-hybridized carbons (Fsp3) is 0.562. The molecule has 1 aromatic carbocycles. The second kappa shape index (κ2) is 8.02. The molecule has 0 saturated heterocycles. The average Bonchev–Trinajstić information content (AvgIpc) is 2.43. The standard InChI is InChI=1S/C16H23Cl2NO/c1-5-11(3)10-19(6-2)12(4)16(20)14-8-7-13(17)9-15(14)18/h7-9,11-12H,5-6,10H2,1-4H3. The van der Waals surface area contributed by atoms with Gasteiger partial charge in [-0.2, -0.15) is 0 Å². The highest BCUT2D eigenvalue weighted by atomic mass is 35.5. The van der Waals surface area contributed by atoms with Gasteiger partial charge in [-0.15, -0.1) is 0 Å². The minimum atomic E-state index is -0.173. The molecular weight excluding hydrogens is 293 g/mol. The smallest absolute Gasteiger partial charge is 0.181 e. The van der Waals surface area contributed by atoms with Gasteiger partial charge in [0.2, 0.25) is 0 Å². The molecule has 1 rings (SSSR count). The second-order valence-corrected chi connectivity index (χ2v) is 6.11. The molecule has 0 radical (unpaired) electrons. The van der Waals surface area contributed by atoms with Gasteiger partial charge in [0.15, 0.2) is 5.78 Å². The monoisotopic (exact) mass is 315 g/mol. The minimum Gasteiger partial charge on any atom is -0.294 e. The first-order valence-corrected chi connectivity index (χ1v) is 7.89. The number of Topliss-reactive ketones (excluding diaryl/α,β-unsaturated/α-hetero) is 1. The molecular formula is C16H23Cl2NO. The number of rotatable bonds is 7. The van der Waals surface area contributed by atoms with E-state index in [9.17, 15) is 4.79 Å². The third-order valence-electron chi connectivity index (χ3n) is 3.77. The van der Waals surface area contributed by atoms with E-state index < -0.39 is 0 Å². The SMILES string of the molecule is CCC(C)CN(CC)C(C)C(=O)c1ccc(Cl)cc1Cl. The summed E-state index contributed by atoms with van der Waals surface area (Å²) in [6, 6.07) is 4.86. The van der Waals surface area contributed by atoms with Gasteiger partial charge in [0.1, 0.15) is 0 Å². The van der Waals surface area contributed by atoms with E-state index in [2.05, 4.69) is 25.7 Å². The Balaban J connectivity index is 2.88. The molecule has 0 aliphatic carbocycles. The Morgan fingerprint density at radius 2 is 1.90 bits per heavy atom. The number of halogens is 2. The predicted octanol–water partition coefficient (Wildman–Crippen LogP) is 4.93. The lowest BCUT2D eigenvalue weighted by Crippen LogP contribution is -2.41. The van der Waals surface area contributed by atoms with E-state index in [1.54, 1.807) is 18.2 Å². The number of likely N-dealkylation sites (N-methyl/N-ethyl adjacent to an activating group) is 1. The summed E-state index contributed by atoms with van der Waals surface area (Å²) in [5.74, 6) is 0.628. The van der Waals surface area contributed by atoms with Crippen LogP contribution in [-0.4, -0.2) is 29.8 Å². The van der Waals surface area contributed by atoms with Crippen LogP contribution < -0.4 is 0 Å². The van der Waals surface area contributed by atoms with Crippen LogP contribution in [0.15, 0.2) is 18.2 Å². The molecule has 112 valence electrons. The van der Waals surface area contributed by atoms with Gasteiger partial charge in [-0.25, -0.2) is 0 Å². The van der Waals surface area contributed by atoms with Crippen LogP contribution in [0.1, 0.15) is 44.5 Å². The molecule has 1 aromatic rings. The molecule has 0 aromatic heterocycles. The molecule has 0 saturated carbocycles. The van der Waals surface area contributed by atoms with Crippen molar-refractivity contribution in [2.75, 3.05) is 13.1 Å². The average molecular weight is 316 g/mol. The lowest BCUT2D eigenvalue weighted by molar-refractivity contribution is 0.0825. The molecule has 0 spiro atoms. The van der Waals surface area contributed by atoms with E-state index in [0.717, 1.165) is 19.5 Å². The zero-order valence-corrected chi connectivity index (χ0v) is 14.1. The van der Waals surface area contributed by atoms with E-state index in [-0.39, 0.29) is 11.8 Å². The summed E-state index contributed by atoms with van der Waals surface area (Å²) < 4.78 is 0. The molecule has 0 bridgehead atoms. The fourth-order valence-corrected chi connectivity index (χ4v) is 2.67. The number of hydrogen-bond acceptors (Lipinski definition) is 2. The van der Waals surface area contributed by atoms with Crippen LogP contribution in [0.4, 0.5) is 0 Å². The van der Waals surface area contributed by atoms with Crippen LogP contribution >= 0.6 is 23.2 Å². The number of carbonyl (C=O) groups is 1. The van der Waals surface area contributed by atoms with Gasteiger partial charge < -0.3 is 0 Å². The van der Waals surface area contributed by atoms with Crippen molar-refractivity contribution >= 4 is 29.0 Å². The molecule has 2 unspecified atom stereocenters. The quantitative estimate of drug-likeness (QED) is 0.665. The normalized spacial score (nSPS) is 14.3. The third-order valence-corrected chi connectivity index (χ3v) is 4.32.